The molecule has 1 aromatic rings. The highest BCUT2D eigenvalue weighted by Gasteiger charge is 2.65. The predicted octanol–water partition coefficient (Wildman–Crippen LogP) is 2.49. The Kier molecular flexibility index (Phi) is 3.20. The van der Waals surface area contributed by atoms with E-state index in [1.54, 1.807) is 0 Å². The minimum Gasteiger partial charge on any atom is -0.382 e. The number of nitrogens with two attached hydrogens (primary N) is 1. The zero-order valence-electron chi connectivity index (χ0n) is 13.2. The summed E-state index contributed by atoms with van der Waals surface area (Å²) in [4.78, 5) is 19.6. The van der Waals surface area contributed by atoms with Gasteiger partial charge in [0.15, 0.2) is 5.13 Å². The van der Waals surface area contributed by atoms with Crippen LogP contribution in [0.15, 0.2) is 0 Å². The van der Waals surface area contributed by atoms with Gasteiger partial charge < -0.3 is 16.0 Å². The fraction of sp³-hybridized carbons (Fsp3) is 0.733. The Morgan fingerprint density at radius 3 is 2.38 bits per heavy atom. The number of nitrogens with one attached hydrogen (secondary N) is 1. The number of amides is 1. The number of aromatic nitrogens is 1. The summed E-state index contributed by atoms with van der Waals surface area (Å²) >= 11 is 1.41. The molecule has 3 rings (SSSR count). The Bertz CT molecular complexity index is 558. The lowest BCUT2D eigenvalue weighted by Crippen LogP contribution is -2.29. The number of nitrogens with zero attached hydrogens (tertiary/aromatic N) is 2. The molecule has 116 valence electrons. The molecule has 0 spiro atoms. The van der Waals surface area contributed by atoms with Crippen molar-refractivity contribution in [3.8, 4) is 0 Å². The van der Waals surface area contributed by atoms with Crippen LogP contribution in [0.4, 0.5) is 10.9 Å². The molecular weight excluding hydrogens is 284 g/mol. The number of hydrogen-bond donors (Lipinski definition) is 2. The zero-order chi connectivity index (χ0) is 15.4. The maximum Gasteiger partial charge on any atom is 0.265 e. The third-order valence-electron chi connectivity index (χ3n) is 5.52. The SMILES string of the molecule is CC1(C)C(NC(=O)c2sc(N3CCCC3)nc2N)C1(C)C. The Morgan fingerprint density at radius 2 is 1.86 bits per heavy atom. The van der Waals surface area contributed by atoms with Gasteiger partial charge in [-0.2, -0.15) is 0 Å². The molecule has 0 unspecified atom stereocenters. The smallest absolute Gasteiger partial charge is 0.265 e. The highest BCUT2D eigenvalue weighted by molar-refractivity contribution is 7.18. The first-order chi connectivity index (χ1) is 9.75. The van der Waals surface area contributed by atoms with Crippen molar-refractivity contribution < 1.29 is 4.79 Å². The maximum absolute atomic E-state index is 12.5. The molecule has 1 amide bonds. The maximum atomic E-state index is 12.5. The van der Waals surface area contributed by atoms with Crippen LogP contribution in [0.1, 0.15) is 50.2 Å². The number of thiazole rings is 1. The molecule has 21 heavy (non-hydrogen) atoms. The molecule has 1 saturated carbocycles. The average molecular weight is 308 g/mol. The van der Waals surface area contributed by atoms with Gasteiger partial charge >= 0.3 is 0 Å². The summed E-state index contributed by atoms with van der Waals surface area (Å²) in [6.07, 6.45) is 2.37. The van der Waals surface area contributed by atoms with Gasteiger partial charge in [-0.25, -0.2) is 4.98 Å². The second-order valence-corrected chi connectivity index (χ2v) is 8.23. The summed E-state index contributed by atoms with van der Waals surface area (Å²) in [6, 6.07) is 0.189. The van der Waals surface area contributed by atoms with Crippen molar-refractivity contribution in [3.63, 3.8) is 0 Å². The van der Waals surface area contributed by atoms with Gasteiger partial charge in [-0.1, -0.05) is 39.0 Å². The normalized spacial score (nSPS) is 23.3. The molecule has 1 aliphatic heterocycles. The molecule has 6 heteroatoms. The topological polar surface area (TPSA) is 71.2 Å². The molecule has 0 atom stereocenters. The fourth-order valence-corrected chi connectivity index (χ4v) is 4.22. The number of anilines is 2. The van der Waals surface area contributed by atoms with Crippen LogP contribution in [0.2, 0.25) is 0 Å². The molecule has 1 saturated heterocycles. The zero-order valence-corrected chi connectivity index (χ0v) is 14.0. The van der Waals surface area contributed by atoms with Crippen LogP contribution in [0.3, 0.4) is 0 Å². The number of nitrogen functional groups attached to an aromatic ring is 1. The van der Waals surface area contributed by atoms with Gasteiger partial charge in [-0.3, -0.25) is 4.79 Å². The molecule has 1 aromatic heterocycles. The van der Waals surface area contributed by atoms with E-state index in [0.29, 0.717) is 10.7 Å². The summed E-state index contributed by atoms with van der Waals surface area (Å²) in [5.74, 6) is 0.273. The molecule has 1 aliphatic carbocycles. The van der Waals surface area contributed by atoms with Gasteiger partial charge in [0, 0.05) is 19.1 Å². The average Bonchev–Trinajstić information content (AvgIpc) is 2.92. The summed E-state index contributed by atoms with van der Waals surface area (Å²) in [7, 11) is 0. The van der Waals surface area contributed by atoms with Crippen molar-refractivity contribution in [2.45, 2.75) is 46.6 Å². The lowest BCUT2D eigenvalue weighted by atomic mass is 10.0. The lowest BCUT2D eigenvalue weighted by molar-refractivity contribution is 0.0948. The molecule has 2 fully saturated rings. The predicted molar refractivity (Wildman–Crippen MR) is 86.8 cm³/mol. The molecular formula is C15H24N4OS. The van der Waals surface area contributed by atoms with E-state index >= 15 is 0 Å². The highest BCUT2D eigenvalue weighted by atomic mass is 32.1. The highest BCUT2D eigenvalue weighted by Crippen LogP contribution is 2.62. The van der Waals surface area contributed by atoms with E-state index in [2.05, 4.69) is 42.9 Å². The third kappa shape index (κ3) is 2.20. The van der Waals surface area contributed by atoms with Crippen molar-refractivity contribution in [1.29, 1.82) is 0 Å². The van der Waals surface area contributed by atoms with Gasteiger partial charge in [0.05, 0.1) is 0 Å². The van der Waals surface area contributed by atoms with E-state index in [9.17, 15) is 4.79 Å². The quantitative estimate of drug-likeness (QED) is 0.900. The first-order valence-corrected chi connectivity index (χ1v) is 8.39. The lowest BCUT2D eigenvalue weighted by Gasteiger charge is -2.11. The van der Waals surface area contributed by atoms with Gasteiger partial charge in [0.25, 0.3) is 5.91 Å². The van der Waals surface area contributed by atoms with E-state index in [0.717, 1.165) is 18.2 Å². The van der Waals surface area contributed by atoms with Crippen molar-refractivity contribution in [3.05, 3.63) is 4.88 Å². The second kappa shape index (κ2) is 4.60. The van der Waals surface area contributed by atoms with Crippen molar-refractivity contribution >= 4 is 28.2 Å². The first kappa shape index (κ1) is 14.6. The largest absolute Gasteiger partial charge is 0.382 e. The Labute approximate surface area is 129 Å². The Balaban J connectivity index is 1.74. The van der Waals surface area contributed by atoms with Crippen LogP contribution < -0.4 is 16.0 Å². The molecule has 2 aliphatic rings. The second-order valence-electron chi connectivity index (χ2n) is 7.25. The summed E-state index contributed by atoms with van der Waals surface area (Å²) in [6.45, 7) is 10.8. The number of hydrogen-bond acceptors (Lipinski definition) is 5. The monoisotopic (exact) mass is 308 g/mol. The molecule has 5 nitrogen and oxygen atoms in total. The van der Waals surface area contributed by atoms with E-state index in [-0.39, 0.29) is 22.8 Å². The number of carbonyl (C=O) groups excluding carboxylic acids is 1. The summed E-state index contributed by atoms with van der Waals surface area (Å²) in [5.41, 5.74) is 6.20. The number of carbonyl (C=O) groups is 1. The third-order valence-corrected chi connectivity index (χ3v) is 6.65. The molecule has 0 aromatic carbocycles. The van der Waals surface area contributed by atoms with Crippen LogP contribution in [0, 0.1) is 10.8 Å². The van der Waals surface area contributed by atoms with E-state index in [4.69, 9.17) is 5.73 Å². The summed E-state index contributed by atoms with van der Waals surface area (Å²) < 4.78 is 0. The molecule has 3 N–H and O–H groups in total. The molecule has 0 bridgehead atoms. The first-order valence-electron chi connectivity index (χ1n) is 7.57. The van der Waals surface area contributed by atoms with Crippen LogP contribution in [0.25, 0.3) is 0 Å². The Morgan fingerprint density at radius 1 is 1.29 bits per heavy atom. The van der Waals surface area contributed by atoms with Crippen LogP contribution in [0.5, 0.6) is 0 Å². The van der Waals surface area contributed by atoms with Crippen LogP contribution >= 0.6 is 11.3 Å². The minimum atomic E-state index is -0.0842. The fourth-order valence-electron chi connectivity index (χ4n) is 3.28. The van der Waals surface area contributed by atoms with Crippen LogP contribution in [-0.2, 0) is 0 Å². The standard InChI is InChI=1S/C15H24N4OS/c1-14(2)12(15(14,3)4)18-11(20)9-10(16)17-13(21-9)19-7-5-6-8-19/h12H,5-8,16H2,1-4H3,(H,18,20). The Hall–Kier alpha value is -1.30. The van der Waals surface area contributed by atoms with Crippen molar-refractivity contribution in [2.24, 2.45) is 10.8 Å². The van der Waals surface area contributed by atoms with Crippen LogP contribution in [-0.4, -0.2) is 30.0 Å². The van der Waals surface area contributed by atoms with Gasteiger partial charge in [0.2, 0.25) is 0 Å². The number of rotatable bonds is 3. The van der Waals surface area contributed by atoms with E-state index in [1.807, 2.05) is 0 Å². The van der Waals surface area contributed by atoms with E-state index in [1.165, 1.54) is 24.2 Å². The van der Waals surface area contributed by atoms with Gasteiger partial charge in [0.1, 0.15) is 10.7 Å². The van der Waals surface area contributed by atoms with Gasteiger partial charge in [-0.05, 0) is 23.7 Å². The molecule has 0 radical (unpaired) electrons. The van der Waals surface area contributed by atoms with Crippen molar-refractivity contribution in [1.82, 2.24) is 10.3 Å². The summed E-state index contributed by atoms with van der Waals surface area (Å²) in [5, 5.41) is 4.01. The van der Waals surface area contributed by atoms with Crippen molar-refractivity contribution in [2.75, 3.05) is 23.7 Å². The molecule has 2 heterocycles. The van der Waals surface area contributed by atoms with Gasteiger partial charge in [-0.15, -0.1) is 0 Å². The minimum absolute atomic E-state index is 0.0842. The van der Waals surface area contributed by atoms with E-state index < -0.39 is 0 Å².